The Balaban J connectivity index is 1.51. The first-order valence-electron chi connectivity index (χ1n) is 9.01. The highest BCUT2D eigenvalue weighted by molar-refractivity contribution is 7.71. The molecule has 2 aliphatic rings. The van der Waals surface area contributed by atoms with Gasteiger partial charge in [0.15, 0.2) is 10.6 Å². The van der Waals surface area contributed by atoms with Crippen molar-refractivity contribution in [2.75, 3.05) is 6.61 Å². The molecule has 1 aliphatic heterocycles. The molecule has 0 spiro atoms. The number of benzene rings is 1. The van der Waals surface area contributed by atoms with Crippen LogP contribution in [0.1, 0.15) is 25.8 Å². The number of aryl methyl sites for hydroxylation is 1. The second kappa shape index (κ2) is 6.32. The Hall–Kier alpha value is -1.99. The van der Waals surface area contributed by atoms with Crippen molar-refractivity contribution in [2.24, 2.45) is 11.3 Å². The lowest BCUT2D eigenvalue weighted by molar-refractivity contribution is -0.138. The summed E-state index contributed by atoms with van der Waals surface area (Å²) in [5, 5.41) is 10.3. The topological polar surface area (TPSA) is 71.9 Å². The molecule has 138 valence electrons. The molecule has 1 aromatic carbocycles. The van der Waals surface area contributed by atoms with E-state index < -0.39 is 0 Å². The first-order chi connectivity index (χ1) is 12.4. The Morgan fingerprint density at radius 2 is 2.15 bits per heavy atom. The number of aromatic amines is 1. The fourth-order valence-electron chi connectivity index (χ4n) is 4.37. The maximum Gasteiger partial charge on any atom is 0.240 e. The third-order valence-corrected chi connectivity index (χ3v) is 6.10. The van der Waals surface area contributed by atoms with Crippen LogP contribution in [0.4, 0.5) is 0 Å². The number of nitrogens with zero attached hydrogens (tertiary/aromatic N) is 2. The van der Waals surface area contributed by atoms with E-state index in [1.807, 2.05) is 31.2 Å². The van der Waals surface area contributed by atoms with Crippen LogP contribution in [0, 0.1) is 23.0 Å². The molecule has 1 aliphatic carbocycles. The lowest BCUT2D eigenvalue weighted by Gasteiger charge is -2.54. The number of aromatic nitrogens is 3. The number of ether oxygens (including phenoxy) is 1. The van der Waals surface area contributed by atoms with Gasteiger partial charge in [-0.2, -0.15) is 5.10 Å². The number of nitrogens with one attached hydrogen (secondary N) is 2. The molecule has 2 fully saturated rings. The lowest BCUT2D eigenvalue weighted by atomic mass is 9.57. The number of carbonyl (C=O) groups excluding carboxylic acids is 1. The van der Waals surface area contributed by atoms with Crippen LogP contribution in [-0.4, -0.2) is 39.4 Å². The predicted octanol–water partition coefficient (Wildman–Crippen LogP) is 2.85. The highest BCUT2D eigenvalue weighted by atomic mass is 32.1. The van der Waals surface area contributed by atoms with Gasteiger partial charge in [0.1, 0.15) is 6.54 Å². The lowest BCUT2D eigenvalue weighted by Crippen LogP contribution is -2.67. The fourth-order valence-corrected chi connectivity index (χ4v) is 4.56. The number of H-pyrrole nitrogens is 1. The number of rotatable bonds is 4. The van der Waals surface area contributed by atoms with Crippen molar-refractivity contribution in [3.63, 3.8) is 0 Å². The minimum Gasteiger partial charge on any atom is -0.377 e. The van der Waals surface area contributed by atoms with Crippen molar-refractivity contribution in [1.82, 2.24) is 20.1 Å². The molecule has 0 radical (unpaired) electrons. The standard InChI is InChI=1S/C19H24N4O2S/c1-11-4-6-12(7-5-11)17-21-22-18(26)23(17)10-14(24)20-15-13-8-9-25-16(13)19(15,2)3/h4-7,13,15-16H,8-10H2,1-3H3,(H,20,24)(H,22,26)/t13-,15+,16-/m0/s1. The molecule has 0 unspecified atom stereocenters. The van der Waals surface area contributed by atoms with Crippen molar-refractivity contribution in [3.05, 3.63) is 34.6 Å². The molecule has 1 saturated heterocycles. The van der Waals surface area contributed by atoms with Gasteiger partial charge in [0, 0.05) is 29.5 Å². The van der Waals surface area contributed by atoms with Crippen LogP contribution in [0.25, 0.3) is 11.4 Å². The van der Waals surface area contributed by atoms with Crippen molar-refractivity contribution >= 4 is 18.1 Å². The fraction of sp³-hybridized carbons (Fsp3) is 0.526. The molecule has 6 nitrogen and oxygen atoms in total. The monoisotopic (exact) mass is 372 g/mol. The highest BCUT2D eigenvalue weighted by Crippen LogP contribution is 2.52. The Kier molecular flexibility index (Phi) is 4.23. The second-order valence-electron chi connectivity index (χ2n) is 7.92. The van der Waals surface area contributed by atoms with Gasteiger partial charge in [0.25, 0.3) is 0 Å². The van der Waals surface area contributed by atoms with Gasteiger partial charge in [-0.1, -0.05) is 43.7 Å². The minimum atomic E-state index is -0.0423. The molecular weight excluding hydrogens is 348 g/mol. The van der Waals surface area contributed by atoms with Gasteiger partial charge in [-0.15, -0.1) is 0 Å². The molecule has 26 heavy (non-hydrogen) atoms. The van der Waals surface area contributed by atoms with Crippen LogP contribution in [-0.2, 0) is 16.1 Å². The molecule has 1 amide bonds. The zero-order valence-corrected chi connectivity index (χ0v) is 16.1. The first-order valence-corrected chi connectivity index (χ1v) is 9.42. The average molecular weight is 372 g/mol. The van der Waals surface area contributed by atoms with Crippen LogP contribution in [0.15, 0.2) is 24.3 Å². The van der Waals surface area contributed by atoms with E-state index in [4.69, 9.17) is 17.0 Å². The Morgan fingerprint density at radius 1 is 1.42 bits per heavy atom. The molecule has 2 heterocycles. The summed E-state index contributed by atoms with van der Waals surface area (Å²) < 4.78 is 8.01. The summed E-state index contributed by atoms with van der Waals surface area (Å²) in [5.74, 6) is 1.06. The molecular formula is C19H24N4O2S. The van der Waals surface area contributed by atoms with E-state index >= 15 is 0 Å². The maximum atomic E-state index is 12.7. The zero-order valence-electron chi connectivity index (χ0n) is 15.3. The van der Waals surface area contributed by atoms with Gasteiger partial charge in [-0.3, -0.25) is 14.5 Å². The minimum absolute atomic E-state index is 0.0333. The summed E-state index contributed by atoms with van der Waals surface area (Å²) in [6, 6.07) is 8.17. The zero-order chi connectivity index (χ0) is 18.5. The summed E-state index contributed by atoms with van der Waals surface area (Å²) in [7, 11) is 0. The van der Waals surface area contributed by atoms with Gasteiger partial charge < -0.3 is 10.1 Å². The van der Waals surface area contributed by atoms with Gasteiger partial charge in [-0.25, -0.2) is 0 Å². The third kappa shape index (κ3) is 2.79. The summed E-state index contributed by atoms with van der Waals surface area (Å²) >= 11 is 5.34. The van der Waals surface area contributed by atoms with Gasteiger partial charge >= 0.3 is 0 Å². The molecule has 7 heteroatoms. The van der Waals surface area contributed by atoms with Crippen molar-refractivity contribution in [1.29, 1.82) is 0 Å². The largest absolute Gasteiger partial charge is 0.377 e. The van der Waals surface area contributed by atoms with Gasteiger partial charge in [-0.05, 0) is 25.6 Å². The molecule has 1 saturated carbocycles. The molecule has 2 aromatic rings. The van der Waals surface area contributed by atoms with E-state index in [0.29, 0.717) is 16.5 Å². The van der Waals surface area contributed by atoms with Gasteiger partial charge in [0.2, 0.25) is 5.91 Å². The number of carbonyl (C=O) groups is 1. The van der Waals surface area contributed by atoms with Crippen molar-refractivity contribution < 1.29 is 9.53 Å². The number of hydrogen-bond acceptors (Lipinski definition) is 4. The summed E-state index contributed by atoms with van der Waals surface area (Å²) in [5.41, 5.74) is 2.07. The van der Waals surface area contributed by atoms with Crippen LogP contribution in [0.2, 0.25) is 0 Å². The van der Waals surface area contributed by atoms with E-state index in [1.165, 1.54) is 5.56 Å². The quantitative estimate of drug-likeness (QED) is 0.810. The van der Waals surface area contributed by atoms with Crippen molar-refractivity contribution in [2.45, 2.75) is 45.9 Å². The van der Waals surface area contributed by atoms with Crippen LogP contribution in [0.3, 0.4) is 0 Å². The predicted molar refractivity (Wildman–Crippen MR) is 101 cm³/mol. The molecule has 1 aromatic heterocycles. The molecule has 3 atom stereocenters. The second-order valence-corrected chi connectivity index (χ2v) is 8.30. The number of fused-ring (bicyclic) bond motifs is 1. The van der Waals surface area contributed by atoms with E-state index in [1.54, 1.807) is 4.57 Å². The number of amides is 1. The van der Waals surface area contributed by atoms with E-state index in [-0.39, 0.29) is 30.0 Å². The van der Waals surface area contributed by atoms with E-state index in [9.17, 15) is 4.79 Å². The summed E-state index contributed by atoms with van der Waals surface area (Å²) in [4.78, 5) is 12.7. The summed E-state index contributed by atoms with van der Waals surface area (Å²) in [6.45, 7) is 7.30. The maximum absolute atomic E-state index is 12.7. The van der Waals surface area contributed by atoms with Gasteiger partial charge in [0.05, 0.1) is 6.10 Å². The Bertz CT molecular complexity index is 884. The average Bonchev–Trinajstić information content (AvgIpc) is 3.20. The molecule has 4 rings (SSSR count). The highest BCUT2D eigenvalue weighted by Gasteiger charge is 2.59. The van der Waals surface area contributed by atoms with Crippen LogP contribution >= 0.6 is 12.2 Å². The normalized spacial score (nSPS) is 26.2. The smallest absolute Gasteiger partial charge is 0.240 e. The Labute approximate surface area is 158 Å². The summed E-state index contributed by atoms with van der Waals surface area (Å²) in [6.07, 6.45) is 1.27. The Morgan fingerprint density at radius 3 is 2.88 bits per heavy atom. The van der Waals surface area contributed by atoms with Crippen LogP contribution in [0.5, 0.6) is 0 Å². The third-order valence-electron chi connectivity index (χ3n) is 5.79. The first kappa shape index (κ1) is 17.4. The SMILES string of the molecule is Cc1ccc(-c2n[nH]c(=S)n2CC(=O)N[C@@H]2[C@@H]3CCO[C@@H]3C2(C)C)cc1. The van der Waals surface area contributed by atoms with E-state index in [2.05, 4.69) is 29.4 Å². The number of hydrogen-bond donors (Lipinski definition) is 2. The molecule has 2 N–H and O–H groups in total. The van der Waals surface area contributed by atoms with Crippen LogP contribution < -0.4 is 5.32 Å². The molecule has 0 bridgehead atoms. The van der Waals surface area contributed by atoms with Crippen molar-refractivity contribution in [3.8, 4) is 11.4 Å². The van der Waals surface area contributed by atoms with E-state index in [0.717, 1.165) is 18.6 Å².